The Labute approximate surface area is 80.4 Å². The van der Waals surface area contributed by atoms with E-state index in [2.05, 4.69) is 21.6 Å². The molecule has 0 saturated carbocycles. The molecule has 0 aliphatic carbocycles. The van der Waals surface area contributed by atoms with Gasteiger partial charge in [-0.15, -0.1) is 0 Å². The minimum atomic E-state index is -0.119. The van der Waals surface area contributed by atoms with Crippen molar-refractivity contribution < 1.29 is 21.1 Å². The van der Waals surface area contributed by atoms with E-state index < -0.39 is 0 Å². The minimum absolute atomic E-state index is 0.0694. The fraction of sp³-hybridized carbons (Fsp3) is 0.222. The predicted octanol–water partition coefficient (Wildman–Crippen LogP) is 2.00. The van der Waals surface area contributed by atoms with Crippen molar-refractivity contribution in [3.63, 3.8) is 0 Å². The second kappa shape index (κ2) is 4.30. The van der Waals surface area contributed by atoms with Gasteiger partial charge in [-0.25, -0.2) is 0 Å². The number of amides is 1. The van der Waals surface area contributed by atoms with Crippen molar-refractivity contribution >= 4 is 4.77 Å². The van der Waals surface area contributed by atoms with Crippen LogP contribution in [0.25, 0.3) is 0 Å². The first kappa shape index (κ1) is 9.31. The molecule has 0 aromatic heterocycles. The van der Waals surface area contributed by atoms with Crippen molar-refractivity contribution in [1.82, 2.24) is 5.32 Å². The van der Waals surface area contributed by atoms with Gasteiger partial charge in [-0.2, -0.15) is 0 Å². The molecule has 0 saturated heterocycles. The molecule has 0 bridgehead atoms. The molecule has 1 N–H and O–H groups in total. The zero-order valence-corrected chi connectivity index (χ0v) is 8.06. The Balaban J connectivity index is 2.65. The molecule has 1 aromatic rings. The summed E-state index contributed by atoms with van der Waals surface area (Å²) < 4.78 is -0.119. The molecule has 3 heteroatoms. The van der Waals surface area contributed by atoms with Crippen LogP contribution >= 0.6 is 0 Å². The van der Waals surface area contributed by atoms with Crippen molar-refractivity contribution in [2.45, 2.75) is 13.0 Å². The standard InChI is InChI=1S/C9H10NO.Cr/c1-8(10-7-11)9-5-3-2-4-6-9;/h2-6,8H,1H3,(H,10,11);. The first-order valence-electron chi connectivity index (χ1n) is 3.72. The number of benzene rings is 1. The van der Waals surface area contributed by atoms with Gasteiger partial charge in [-0.3, -0.25) is 0 Å². The third-order valence-corrected chi connectivity index (χ3v) is 1.82. The van der Waals surface area contributed by atoms with Gasteiger partial charge in [-0.05, 0) is 0 Å². The third kappa shape index (κ3) is 2.69. The second-order valence-corrected chi connectivity index (χ2v) is 3.14. The number of rotatable bonds is 2. The van der Waals surface area contributed by atoms with E-state index in [1.54, 1.807) is 0 Å². The molecule has 2 nitrogen and oxygen atoms in total. The molecule has 0 heterocycles. The number of hydrogen-bond acceptors (Lipinski definition) is 1. The van der Waals surface area contributed by atoms with Crippen molar-refractivity contribution in [3.05, 3.63) is 35.9 Å². The average Bonchev–Trinajstić information content (AvgIpc) is 2.05. The van der Waals surface area contributed by atoms with Gasteiger partial charge in [-0.1, -0.05) is 0 Å². The Morgan fingerprint density at radius 3 is 2.50 bits per heavy atom. The quantitative estimate of drug-likeness (QED) is 0.777. The van der Waals surface area contributed by atoms with Gasteiger partial charge in [0.05, 0.1) is 0 Å². The van der Waals surface area contributed by atoms with Crippen LogP contribution in [0.3, 0.4) is 0 Å². The summed E-state index contributed by atoms with van der Waals surface area (Å²) in [5, 5.41) is 2.76. The van der Waals surface area contributed by atoms with Crippen LogP contribution in [0.4, 0.5) is 4.79 Å². The Morgan fingerprint density at radius 1 is 1.42 bits per heavy atom. The summed E-state index contributed by atoms with van der Waals surface area (Å²) in [5.74, 6) is 0. The van der Waals surface area contributed by atoms with E-state index in [4.69, 9.17) is 0 Å². The summed E-state index contributed by atoms with van der Waals surface area (Å²) in [6, 6.07) is 9.91. The number of carbonyl (C=O) groups excluding carboxylic acids is 1. The molecule has 1 aromatic carbocycles. The molecule has 1 amide bonds. The summed E-state index contributed by atoms with van der Waals surface area (Å²) in [6.07, 6.45) is 0. The van der Waals surface area contributed by atoms with Gasteiger partial charge in [0.15, 0.2) is 0 Å². The molecule has 0 fully saturated rings. The van der Waals surface area contributed by atoms with Gasteiger partial charge in [0.25, 0.3) is 0 Å². The molecule has 1 rings (SSSR count). The maximum atomic E-state index is 10.7. The Kier molecular flexibility index (Phi) is 3.34. The molecule has 12 heavy (non-hydrogen) atoms. The van der Waals surface area contributed by atoms with Crippen LogP contribution in [0.2, 0.25) is 0 Å². The third-order valence-electron chi connectivity index (χ3n) is 1.63. The van der Waals surface area contributed by atoms with Crippen LogP contribution in [0.5, 0.6) is 0 Å². The summed E-state index contributed by atoms with van der Waals surface area (Å²) >= 11 is 2.39. The van der Waals surface area contributed by atoms with Crippen LogP contribution in [0.1, 0.15) is 18.5 Å². The molecule has 0 radical (unpaired) electrons. The molecule has 1 unspecified atom stereocenters. The first-order valence-corrected chi connectivity index (χ1v) is 4.36. The SMILES string of the molecule is CC(N[C](=O)[Cr])c1ccccc1. The topological polar surface area (TPSA) is 29.1 Å². The summed E-state index contributed by atoms with van der Waals surface area (Å²) in [5.41, 5.74) is 1.11. The Hall–Kier alpha value is -0.778. The van der Waals surface area contributed by atoms with E-state index in [1.807, 2.05) is 37.3 Å². The molecule has 0 spiro atoms. The molecule has 0 aliphatic heterocycles. The average molecular weight is 200 g/mol. The van der Waals surface area contributed by atoms with E-state index in [1.165, 1.54) is 0 Å². The van der Waals surface area contributed by atoms with Gasteiger partial charge >= 0.3 is 80.0 Å². The van der Waals surface area contributed by atoms with Crippen molar-refractivity contribution in [3.8, 4) is 0 Å². The van der Waals surface area contributed by atoms with E-state index in [-0.39, 0.29) is 10.8 Å². The predicted molar refractivity (Wildman–Crippen MR) is 43.4 cm³/mol. The van der Waals surface area contributed by atoms with E-state index in [9.17, 15) is 4.79 Å². The maximum absolute atomic E-state index is 10.7. The van der Waals surface area contributed by atoms with Crippen LogP contribution in [0, 0.1) is 0 Å². The van der Waals surface area contributed by atoms with E-state index in [0.717, 1.165) is 5.56 Å². The molecular formula is C9H10CrNO. The molecule has 63 valence electrons. The fourth-order valence-corrected chi connectivity index (χ4v) is 1.28. The van der Waals surface area contributed by atoms with Crippen LogP contribution in [-0.4, -0.2) is 4.77 Å². The van der Waals surface area contributed by atoms with Crippen molar-refractivity contribution in [1.29, 1.82) is 0 Å². The molecular weight excluding hydrogens is 190 g/mol. The van der Waals surface area contributed by atoms with E-state index in [0.29, 0.717) is 0 Å². The number of carbonyl (C=O) groups is 1. The Bertz CT molecular complexity index is 260. The van der Waals surface area contributed by atoms with Gasteiger partial charge < -0.3 is 0 Å². The van der Waals surface area contributed by atoms with Crippen molar-refractivity contribution in [2.24, 2.45) is 0 Å². The Morgan fingerprint density at radius 2 is 2.00 bits per heavy atom. The monoisotopic (exact) mass is 200 g/mol. The fourth-order valence-electron chi connectivity index (χ4n) is 1.00. The summed E-state index contributed by atoms with van der Waals surface area (Å²) in [7, 11) is 0. The number of nitrogens with one attached hydrogen (secondary N) is 1. The van der Waals surface area contributed by atoms with Crippen LogP contribution < -0.4 is 5.32 Å². The van der Waals surface area contributed by atoms with Gasteiger partial charge in [0, 0.05) is 0 Å². The van der Waals surface area contributed by atoms with Crippen LogP contribution in [-0.2, 0) is 16.3 Å². The summed E-state index contributed by atoms with van der Waals surface area (Å²) in [6.45, 7) is 1.95. The molecule has 1 atom stereocenters. The van der Waals surface area contributed by atoms with Gasteiger partial charge in [0.2, 0.25) is 0 Å². The molecule has 0 aliphatic rings. The van der Waals surface area contributed by atoms with Crippen molar-refractivity contribution in [2.75, 3.05) is 0 Å². The zero-order valence-electron chi connectivity index (χ0n) is 6.78. The normalized spacial score (nSPS) is 12.1. The number of hydrogen-bond donors (Lipinski definition) is 1. The van der Waals surface area contributed by atoms with Gasteiger partial charge in [0.1, 0.15) is 0 Å². The second-order valence-electron chi connectivity index (χ2n) is 2.56. The van der Waals surface area contributed by atoms with E-state index >= 15 is 0 Å². The summed E-state index contributed by atoms with van der Waals surface area (Å²) in [4.78, 5) is 10.7. The zero-order chi connectivity index (χ0) is 8.97. The first-order chi connectivity index (χ1) is 5.70. The van der Waals surface area contributed by atoms with Crippen LogP contribution in [0.15, 0.2) is 30.3 Å².